The number of anilines is 1. The summed E-state index contributed by atoms with van der Waals surface area (Å²) in [6.45, 7) is 1.82. The monoisotopic (exact) mass is 362 g/mol. The van der Waals surface area contributed by atoms with E-state index in [1.807, 2.05) is 29.5 Å². The maximum absolute atomic E-state index is 13.0. The molecular weight excluding hydrogens is 350 g/mol. The first kappa shape index (κ1) is 13.3. The molecule has 0 spiro atoms. The van der Waals surface area contributed by atoms with Crippen molar-refractivity contribution in [3.05, 3.63) is 27.6 Å². The molecule has 1 aliphatic rings. The number of halogens is 2. The van der Waals surface area contributed by atoms with Gasteiger partial charge in [-0.1, -0.05) is 6.92 Å². The lowest BCUT2D eigenvalue weighted by Crippen LogP contribution is -2.58. The summed E-state index contributed by atoms with van der Waals surface area (Å²) in [5.41, 5.74) is 0.579. The van der Waals surface area contributed by atoms with Gasteiger partial charge in [0.05, 0.1) is 5.69 Å². The second-order valence-corrected chi connectivity index (χ2v) is 5.21. The smallest absolute Gasteiger partial charge is 0.250 e. The molecule has 4 nitrogen and oxygen atoms in total. The Hall–Kier alpha value is -1.18. The fourth-order valence-electron chi connectivity index (χ4n) is 1.89. The molecule has 1 fully saturated rings. The van der Waals surface area contributed by atoms with Gasteiger partial charge in [0.2, 0.25) is 11.8 Å². The van der Waals surface area contributed by atoms with Gasteiger partial charge in [-0.3, -0.25) is 9.59 Å². The van der Waals surface area contributed by atoms with E-state index in [4.69, 9.17) is 0 Å². The van der Waals surface area contributed by atoms with Crippen LogP contribution in [-0.4, -0.2) is 24.4 Å². The molecule has 18 heavy (non-hydrogen) atoms. The van der Waals surface area contributed by atoms with Gasteiger partial charge in [-0.15, -0.1) is 0 Å². The average Bonchev–Trinajstić information content (AvgIpc) is 2.32. The van der Waals surface area contributed by atoms with Gasteiger partial charge in [-0.05, 0) is 47.2 Å². The van der Waals surface area contributed by atoms with Gasteiger partial charge in [-0.25, -0.2) is 4.39 Å². The van der Waals surface area contributed by atoms with Gasteiger partial charge in [0, 0.05) is 3.57 Å². The molecule has 96 valence electrons. The van der Waals surface area contributed by atoms with Crippen molar-refractivity contribution in [2.75, 3.05) is 11.4 Å². The first-order valence-corrected chi connectivity index (χ1v) is 6.66. The molecular formula is C12H12FIN2O2. The van der Waals surface area contributed by atoms with E-state index in [1.54, 1.807) is 0 Å². The van der Waals surface area contributed by atoms with Crippen molar-refractivity contribution in [1.29, 1.82) is 0 Å². The topological polar surface area (TPSA) is 49.4 Å². The summed E-state index contributed by atoms with van der Waals surface area (Å²) in [6, 6.07) is 3.67. The zero-order valence-electron chi connectivity index (χ0n) is 9.74. The number of rotatable bonds is 2. The number of nitrogens with zero attached hydrogens (tertiary/aromatic N) is 1. The first-order valence-electron chi connectivity index (χ1n) is 5.58. The second kappa shape index (κ2) is 5.21. The van der Waals surface area contributed by atoms with Crippen molar-refractivity contribution in [3.8, 4) is 0 Å². The minimum atomic E-state index is -0.493. The minimum absolute atomic E-state index is 0.0169. The van der Waals surface area contributed by atoms with Crippen LogP contribution < -0.4 is 10.2 Å². The van der Waals surface area contributed by atoms with Crippen LogP contribution in [0.5, 0.6) is 0 Å². The number of amides is 2. The normalized spacial score (nSPS) is 19.9. The van der Waals surface area contributed by atoms with E-state index in [0.717, 1.165) is 0 Å². The summed E-state index contributed by atoms with van der Waals surface area (Å²) in [5, 5.41) is 2.64. The number of hydrogen-bond donors (Lipinski definition) is 1. The third-order valence-electron chi connectivity index (χ3n) is 2.81. The predicted molar refractivity (Wildman–Crippen MR) is 73.7 cm³/mol. The zero-order valence-corrected chi connectivity index (χ0v) is 11.9. The fraction of sp³-hybridized carbons (Fsp3) is 0.333. The highest BCUT2D eigenvalue weighted by molar-refractivity contribution is 14.1. The number of carbonyl (C=O) groups excluding carboxylic acids is 2. The third kappa shape index (κ3) is 2.47. The Labute approximate surface area is 118 Å². The standard InChI is InChI=1S/C12H12FIN2O2/c1-2-9-12(18)16(6-11(17)15-9)10-4-3-7(13)5-8(10)14/h3-5,9H,2,6H2,1H3,(H,15,17). The molecule has 1 heterocycles. The van der Waals surface area contributed by atoms with E-state index in [2.05, 4.69) is 5.32 Å². The molecule has 1 aromatic rings. The molecule has 1 aromatic carbocycles. The molecule has 0 aromatic heterocycles. The van der Waals surface area contributed by atoms with Crippen LogP contribution in [0.4, 0.5) is 10.1 Å². The lowest BCUT2D eigenvalue weighted by molar-refractivity contribution is -0.131. The van der Waals surface area contributed by atoms with Crippen molar-refractivity contribution in [1.82, 2.24) is 5.32 Å². The summed E-state index contributed by atoms with van der Waals surface area (Å²) < 4.78 is 13.7. The van der Waals surface area contributed by atoms with E-state index >= 15 is 0 Å². The van der Waals surface area contributed by atoms with Crippen molar-refractivity contribution in [3.63, 3.8) is 0 Å². The Morgan fingerprint density at radius 1 is 1.50 bits per heavy atom. The van der Waals surface area contributed by atoms with E-state index < -0.39 is 6.04 Å². The van der Waals surface area contributed by atoms with Crippen LogP contribution >= 0.6 is 22.6 Å². The third-order valence-corrected chi connectivity index (χ3v) is 3.67. The summed E-state index contributed by atoms with van der Waals surface area (Å²) in [5.74, 6) is -0.702. The Bertz CT molecular complexity index is 507. The quantitative estimate of drug-likeness (QED) is 0.814. The number of piperazine rings is 1. The van der Waals surface area contributed by atoms with Gasteiger partial charge in [0.1, 0.15) is 18.4 Å². The van der Waals surface area contributed by atoms with Crippen molar-refractivity contribution < 1.29 is 14.0 Å². The van der Waals surface area contributed by atoms with Crippen LogP contribution in [0.25, 0.3) is 0 Å². The summed E-state index contributed by atoms with van der Waals surface area (Å²) in [7, 11) is 0. The lowest BCUT2D eigenvalue weighted by atomic mass is 10.1. The zero-order chi connectivity index (χ0) is 13.3. The van der Waals surface area contributed by atoms with Crippen LogP contribution in [0.2, 0.25) is 0 Å². The maximum atomic E-state index is 13.0. The van der Waals surface area contributed by atoms with Crippen LogP contribution in [0.15, 0.2) is 18.2 Å². The van der Waals surface area contributed by atoms with Crippen LogP contribution in [0.1, 0.15) is 13.3 Å². The lowest BCUT2D eigenvalue weighted by Gasteiger charge is -2.32. The molecule has 2 rings (SSSR count). The SMILES string of the molecule is CCC1NC(=O)CN(c2ccc(F)cc2I)C1=O. The Balaban J connectivity index is 2.36. The Morgan fingerprint density at radius 3 is 2.83 bits per heavy atom. The predicted octanol–water partition coefficient (Wildman–Crippen LogP) is 1.67. The van der Waals surface area contributed by atoms with Crippen LogP contribution in [-0.2, 0) is 9.59 Å². The number of benzene rings is 1. The summed E-state index contributed by atoms with van der Waals surface area (Å²) >= 11 is 1.96. The van der Waals surface area contributed by atoms with Gasteiger partial charge in [-0.2, -0.15) is 0 Å². The average molecular weight is 362 g/mol. The molecule has 1 unspecified atom stereocenters. The van der Waals surface area contributed by atoms with E-state index in [9.17, 15) is 14.0 Å². The van der Waals surface area contributed by atoms with Gasteiger partial charge < -0.3 is 10.2 Å². The van der Waals surface area contributed by atoms with E-state index in [0.29, 0.717) is 15.7 Å². The number of carbonyl (C=O) groups is 2. The molecule has 1 aliphatic heterocycles. The minimum Gasteiger partial charge on any atom is -0.343 e. The van der Waals surface area contributed by atoms with Gasteiger partial charge in [0.15, 0.2) is 0 Å². The maximum Gasteiger partial charge on any atom is 0.250 e. The summed E-state index contributed by atoms with van der Waals surface area (Å²) in [4.78, 5) is 25.1. The highest BCUT2D eigenvalue weighted by atomic mass is 127. The molecule has 1 atom stereocenters. The summed E-state index contributed by atoms with van der Waals surface area (Å²) in [6.07, 6.45) is 0.541. The Morgan fingerprint density at radius 2 is 2.22 bits per heavy atom. The van der Waals surface area contributed by atoms with E-state index in [-0.39, 0.29) is 24.2 Å². The van der Waals surface area contributed by atoms with Crippen LogP contribution in [0.3, 0.4) is 0 Å². The number of nitrogens with one attached hydrogen (secondary N) is 1. The molecule has 0 radical (unpaired) electrons. The van der Waals surface area contributed by atoms with E-state index in [1.165, 1.54) is 23.1 Å². The molecule has 1 saturated heterocycles. The molecule has 0 bridgehead atoms. The van der Waals surface area contributed by atoms with Crippen molar-refractivity contribution in [2.24, 2.45) is 0 Å². The largest absolute Gasteiger partial charge is 0.343 e. The second-order valence-electron chi connectivity index (χ2n) is 4.05. The molecule has 1 N–H and O–H groups in total. The Kier molecular flexibility index (Phi) is 3.84. The van der Waals surface area contributed by atoms with Crippen molar-refractivity contribution >= 4 is 40.1 Å². The van der Waals surface area contributed by atoms with Crippen molar-refractivity contribution in [2.45, 2.75) is 19.4 Å². The van der Waals surface area contributed by atoms with Crippen LogP contribution in [0, 0.1) is 9.39 Å². The van der Waals surface area contributed by atoms with Gasteiger partial charge >= 0.3 is 0 Å². The molecule has 2 amide bonds. The molecule has 0 aliphatic carbocycles. The highest BCUT2D eigenvalue weighted by Gasteiger charge is 2.33. The fourth-order valence-corrected chi connectivity index (χ4v) is 2.66. The highest BCUT2D eigenvalue weighted by Crippen LogP contribution is 2.25. The molecule has 0 saturated carbocycles. The first-order chi connectivity index (χ1) is 8.52. The van der Waals surface area contributed by atoms with Gasteiger partial charge in [0.25, 0.3) is 0 Å². The molecule has 6 heteroatoms. The number of hydrogen-bond acceptors (Lipinski definition) is 2.